The lowest BCUT2D eigenvalue weighted by atomic mass is 9.96. The molecule has 0 radical (unpaired) electrons. The Hall–Kier alpha value is -2.86. The molecule has 0 bridgehead atoms. The van der Waals surface area contributed by atoms with Gasteiger partial charge in [-0.25, -0.2) is 10.1 Å². The minimum atomic E-state index is -4.00. The molecule has 0 spiro atoms. The van der Waals surface area contributed by atoms with Gasteiger partial charge in [0.05, 0.1) is 32.1 Å². The molecule has 0 saturated carbocycles. The predicted octanol–water partition coefficient (Wildman–Crippen LogP) is -0.123. The molecule has 232 valence electrons. The van der Waals surface area contributed by atoms with Gasteiger partial charge in [-0.15, -0.1) is 0 Å². The second kappa shape index (κ2) is 12.4. The third-order valence-corrected chi connectivity index (χ3v) is 10.8. The average Bonchev–Trinajstić information content (AvgIpc) is 3.53. The Balaban J connectivity index is 1.53. The number of aliphatic hydroxyl groups is 2. The van der Waals surface area contributed by atoms with Crippen molar-refractivity contribution < 1.29 is 47.9 Å². The number of hydrogen-bond donors (Lipinski definition) is 5. The van der Waals surface area contributed by atoms with Crippen LogP contribution in [0.5, 0.6) is 5.88 Å². The molecule has 2 fully saturated rings. The fraction of sp³-hybridized carbons (Fsp3) is 0.652. The minimum Gasteiger partial charge on any atom is -0.479 e. The summed E-state index contributed by atoms with van der Waals surface area (Å²) in [5.41, 5.74) is 4.29. The zero-order valence-corrected chi connectivity index (χ0v) is 25.3. The molecular weight excluding hydrogens is 597 g/mol. The van der Waals surface area contributed by atoms with E-state index in [0.717, 1.165) is 11.4 Å². The molecule has 2 aromatic rings. The molecular formula is C23H34N7O10PS. The minimum absolute atomic E-state index is 0.0633. The summed E-state index contributed by atoms with van der Waals surface area (Å²) in [5.74, 6) is -2.48. The van der Waals surface area contributed by atoms with E-state index in [1.165, 1.54) is 31.9 Å². The summed E-state index contributed by atoms with van der Waals surface area (Å²) in [5, 5.41) is 27.1. The molecule has 2 amide bonds. The number of aromatic nitrogens is 4. The Labute approximate surface area is 244 Å². The summed E-state index contributed by atoms with van der Waals surface area (Å²) in [6.45, 7) is 1.59. The number of imide groups is 1. The lowest BCUT2D eigenvalue weighted by molar-refractivity contribution is -0.149. The third-order valence-electron chi connectivity index (χ3n) is 6.58. The highest BCUT2D eigenvalue weighted by Crippen LogP contribution is 2.58. The first-order valence-corrected chi connectivity index (χ1v) is 16.2. The van der Waals surface area contributed by atoms with E-state index < -0.39 is 73.2 Å². The largest absolute Gasteiger partial charge is 0.479 e. The quantitative estimate of drug-likeness (QED) is 0.116. The number of methoxy groups -OCH3 is 1. The number of nitrogens with zero attached hydrogens (tertiary/aromatic N) is 4. The molecule has 2 aromatic heterocycles. The van der Waals surface area contributed by atoms with Gasteiger partial charge in [-0.1, -0.05) is 11.4 Å². The van der Waals surface area contributed by atoms with Crippen LogP contribution in [0.3, 0.4) is 0 Å². The van der Waals surface area contributed by atoms with Crippen molar-refractivity contribution in [1.82, 2.24) is 29.9 Å². The lowest BCUT2D eigenvalue weighted by Gasteiger charge is -2.27. The van der Waals surface area contributed by atoms with Crippen LogP contribution in [0.25, 0.3) is 11.2 Å². The van der Waals surface area contributed by atoms with E-state index in [2.05, 4.69) is 25.4 Å². The zero-order valence-electron chi connectivity index (χ0n) is 23.5. The number of anilines is 1. The maximum absolute atomic E-state index is 13.9. The molecule has 7 atom stereocenters. The highest BCUT2D eigenvalue weighted by Gasteiger charge is 2.54. The number of fused-ring (bicyclic) bond motifs is 1. The van der Waals surface area contributed by atoms with Crippen LogP contribution in [0, 0.1) is 5.92 Å². The van der Waals surface area contributed by atoms with Crippen LogP contribution in [0.15, 0.2) is 6.33 Å². The first kappa shape index (κ1) is 32.1. The Morgan fingerprint density at radius 1 is 1.38 bits per heavy atom. The van der Waals surface area contributed by atoms with Crippen LogP contribution >= 0.6 is 18.1 Å². The monoisotopic (exact) mass is 631 g/mol. The van der Waals surface area contributed by atoms with Gasteiger partial charge in [0, 0.05) is 12.2 Å². The summed E-state index contributed by atoms with van der Waals surface area (Å²) in [6.07, 6.45) is -3.19. The Kier molecular flexibility index (Phi) is 9.46. The topological polar surface area (TPSA) is 239 Å². The average molecular weight is 632 g/mol. The van der Waals surface area contributed by atoms with E-state index in [-0.39, 0.29) is 35.2 Å². The number of hydrogen-bond acceptors (Lipinski definition) is 15. The van der Waals surface area contributed by atoms with Crippen LogP contribution in [-0.2, 0) is 32.9 Å². The Morgan fingerprint density at radius 3 is 2.71 bits per heavy atom. The van der Waals surface area contributed by atoms with Gasteiger partial charge in [0.15, 0.2) is 17.4 Å². The van der Waals surface area contributed by atoms with Crippen molar-refractivity contribution in [2.45, 2.75) is 70.3 Å². The number of nitrogens with two attached hydrogens (primary N) is 1. The molecule has 2 saturated heterocycles. The van der Waals surface area contributed by atoms with Crippen molar-refractivity contribution in [3.8, 4) is 5.88 Å². The van der Waals surface area contributed by atoms with Gasteiger partial charge >= 0.3 is 12.7 Å². The van der Waals surface area contributed by atoms with Crippen LogP contribution < -0.4 is 20.9 Å². The maximum atomic E-state index is 13.9. The normalized spacial score (nSPS) is 28.2. The van der Waals surface area contributed by atoms with Crippen molar-refractivity contribution in [3.63, 3.8) is 0 Å². The molecule has 42 heavy (non-hydrogen) atoms. The molecule has 4 heterocycles. The predicted molar refractivity (Wildman–Crippen MR) is 148 cm³/mol. The number of carbonyl (C=O) groups excluding carboxylic acids is 3. The molecule has 2 unspecified atom stereocenters. The Bertz CT molecular complexity index is 1410. The van der Waals surface area contributed by atoms with Gasteiger partial charge < -0.3 is 34.7 Å². The highest BCUT2D eigenvalue weighted by molar-refractivity contribution is 8.56. The van der Waals surface area contributed by atoms with Crippen molar-refractivity contribution in [2.24, 2.45) is 5.92 Å². The van der Waals surface area contributed by atoms with E-state index in [0.29, 0.717) is 0 Å². The van der Waals surface area contributed by atoms with Gasteiger partial charge in [-0.2, -0.15) is 9.97 Å². The van der Waals surface area contributed by atoms with Crippen molar-refractivity contribution in [3.05, 3.63) is 6.33 Å². The molecule has 2 aliphatic rings. The maximum Gasteiger partial charge on any atom is 0.327 e. The fourth-order valence-electron chi connectivity index (χ4n) is 4.44. The second-order valence-electron chi connectivity index (χ2n) is 10.4. The van der Waals surface area contributed by atoms with E-state index in [9.17, 15) is 29.2 Å². The van der Waals surface area contributed by atoms with Crippen molar-refractivity contribution >= 4 is 53.0 Å². The SMILES string of the molecule is COc1nc(N)nc2c1ncn2C1O[C@H](CO[P@@](=O)(N[C@H](C)C(=O)OC(C)C)SCC2CC(=O)NC2=O)[C@@H](O)[C@@]1(C)O. The van der Waals surface area contributed by atoms with E-state index in [1.54, 1.807) is 13.8 Å². The van der Waals surface area contributed by atoms with E-state index in [4.69, 9.17) is 24.5 Å². The molecule has 17 nitrogen and oxygen atoms in total. The number of nitrogens with one attached hydrogen (secondary N) is 2. The molecule has 19 heteroatoms. The summed E-state index contributed by atoms with van der Waals surface area (Å²) in [6, 6.07) is -1.08. The lowest BCUT2D eigenvalue weighted by Crippen LogP contribution is -2.44. The fourth-order valence-corrected chi connectivity index (χ4v) is 8.46. The number of aliphatic hydroxyl groups excluding tert-OH is 1. The van der Waals surface area contributed by atoms with E-state index >= 15 is 0 Å². The number of carbonyl (C=O) groups is 3. The Morgan fingerprint density at radius 2 is 2.10 bits per heavy atom. The number of rotatable bonds is 12. The zero-order chi connectivity index (χ0) is 31.0. The molecule has 0 aromatic carbocycles. The number of esters is 1. The van der Waals surface area contributed by atoms with Gasteiger partial charge in [0.25, 0.3) is 0 Å². The highest BCUT2D eigenvalue weighted by atomic mass is 32.7. The molecule has 4 rings (SSSR count). The first-order chi connectivity index (χ1) is 19.6. The summed E-state index contributed by atoms with van der Waals surface area (Å²) in [7, 11) is 1.38. The first-order valence-electron chi connectivity index (χ1n) is 13.0. The van der Waals surface area contributed by atoms with Crippen LogP contribution in [0.1, 0.15) is 40.3 Å². The van der Waals surface area contributed by atoms with Crippen LogP contribution in [0.4, 0.5) is 5.95 Å². The number of ether oxygens (including phenoxy) is 3. The summed E-state index contributed by atoms with van der Waals surface area (Å²) < 4.78 is 37.3. The summed E-state index contributed by atoms with van der Waals surface area (Å²) >= 11 is 0.724. The number of imidazole rings is 1. The van der Waals surface area contributed by atoms with Crippen molar-refractivity contribution in [1.29, 1.82) is 0 Å². The smallest absolute Gasteiger partial charge is 0.327 e. The van der Waals surface area contributed by atoms with E-state index in [1.807, 2.05) is 0 Å². The number of amides is 2. The van der Waals surface area contributed by atoms with Crippen LogP contribution in [0.2, 0.25) is 0 Å². The van der Waals surface area contributed by atoms with Crippen molar-refractivity contribution in [2.75, 3.05) is 25.2 Å². The van der Waals surface area contributed by atoms with Crippen LogP contribution in [-0.4, -0.2) is 96.9 Å². The molecule has 2 aliphatic heterocycles. The van der Waals surface area contributed by atoms with Gasteiger partial charge in [-0.3, -0.25) is 28.8 Å². The van der Waals surface area contributed by atoms with Gasteiger partial charge in [-0.05, 0) is 27.7 Å². The summed E-state index contributed by atoms with van der Waals surface area (Å²) in [4.78, 5) is 48.4. The number of nitrogen functional groups attached to an aromatic ring is 1. The molecule has 0 aliphatic carbocycles. The second-order valence-corrected chi connectivity index (χ2v) is 14.7. The standard InChI is InChI=1S/C23H34N7O10PS/c1-10(2)39-20(34)11(3)29-41(36,42-8-12-6-14(31)26-18(12)33)38-7-13-16(32)23(4,35)21(40-13)30-9-25-15-17(30)27-22(24)28-19(15)37-5/h9-13,16,21,32,35H,6-8H2,1-5H3,(H,29,36)(H2,24,27,28)(H,26,31,33)/t11-,12?,13-,16-,21?,23-,41+/m1/s1. The van der Waals surface area contributed by atoms with Gasteiger partial charge in [0.1, 0.15) is 23.9 Å². The third kappa shape index (κ3) is 6.69. The van der Waals surface area contributed by atoms with Gasteiger partial charge in [0.2, 0.25) is 23.6 Å². The molecule has 6 N–H and O–H groups in total.